The maximum atomic E-state index is 13.8. The number of aromatic nitrogens is 2. The molecule has 0 radical (unpaired) electrons. The molecule has 23 heavy (non-hydrogen) atoms. The molecule has 1 N–H and O–H groups in total. The van der Waals surface area contributed by atoms with E-state index < -0.39 is 5.91 Å². The van der Waals surface area contributed by atoms with Gasteiger partial charge >= 0.3 is 0 Å². The SMILES string of the molecule is CC(=O)N(F)c1ccc2c(c1)Cc1c(-c3ccccc3)n[nH]c1-2. The summed E-state index contributed by atoms with van der Waals surface area (Å²) in [6, 6.07) is 15.1. The van der Waals surface area contributed by atoms with Gasteiger partial charge in [-0.2, -0.15) is 5.10 Å². The van der Waals surface area contributed by atoms with Crippen molar-refractivity contribution >= 4 is 11.6 Å². The van der Waals surface area contributed by atoms with Crippen molar-refractivity contribution in [2.24, 2.45) is 0 Å². The molecule has 0 saturated heterocycles. The highest BCUT2D eigenvalue weighted by Crippen LogP contribution is 2.41. The number of amides is 1. The molecular formula is C18H14FN3O. The zero-order valence-corrected chi connectivity index (χ0v) is 12.5. The molecule has 0 atom stereocenters. The first-order valence-electron chi connectivity index (χ1n) is 7.37. The Kier molecular flexibility index (Phi) is 3.01. The second-order valence-corrected chi connectivity index (χ2v) is 5.61. The number of halogens is 1. The van der Waals surface area contributed by atoms with Gasteiger partial charge in [-0.15, -0.1) is 5.12 Å². The van der Waals surface area contributed by atoms with Gasteiger partial charge in [-0.25, -0.2) is 0 Å². The number of fused-ring (bicyclic) bond motifs is 3. The number of carbonyl (C=O) groups excluding carboxylic acids is 1. The largest absolute Gasteiger partial charge is 0.277 e. The van der Waals surface area contributed by atoms with E-state index in [1.54, 1.807) is 12.1 Å². The third-order valence-electron chi connectivity index (χ3n) is 4.14. The van der Waals surface area contributed by atoms with Gasteiger partial charge in [-0.1, -0.05) is 40.9 Å². The Balaban J connectivity index is 1.76. The van der Waals surface area contributed by atoms with Crippen molar-refractivity contribution in [3.63, 3.8) is 0 Å². The number of rotatable bonds is 2. The van der Waals surface area contributed by atoms with E-state index >= 15 is 0 Å². The highest BCUT2D eigenvalue weighted by molar-refractivity contribution is 5.90. The van der Waals surface area contributed by atoms with Gasteiger partial charge in [-0.3, -0.25) is 9.89 Å². The van der Waals surface area contributed by atoms with Crippen LogP contribution in [-0.2, 0) is 11.2 Å². The summed E-state index contributed by atoms with van der Waals surface area (Å²) < 4.78 is 13.8. The first-order valence-corrected chi connectivity index (χ1v) is 7.37. The molecule has 0 bridgehead atoms. The molecule has 0 unspecified atom stereocenters. The summed E-state index contributed by atoms with van der Waals surface area (Å²) in [5, 5.41) is 7.69. The lowest BCUT2D eigenvalue weighted by atomic mass is 10.1. The molecule has 1 amide bonds. The summed E-state index contributed by atoms with van der Waals surface area (Å²) in [5.41, 5.74) is 6.31. The minimum atomic E-state index is -0.631. The average Bonchev–Trinajstić information content (AvgIpc) is 3.13. The number of H-pyrrole nitrogens is 1. The zero-order chi connectivity index (χ0) is 16.0. The number of nitrogens with zero attached hydrogens (tertiary/aromatic N) is 2. The van der Waals surface area contributed by atoms with E-state index in [1.165, 1.54) is 6.92 Å². The predicted molar refractivity (Wildman–Crippen MR) is 86.5 cm³/mol. The summed E-state index contributed by atoms with van der Waals surface area (Å²) >= 11 is 0. The van der Waals surface area contributed by atoms with Gasteiger partial charge in [-0.05, 0) is 17.7 Å². The Morgan fingerprint density at radius 1 is 1.22 bits per heavy atom. The number of hydrogen-bond acceptors (Lipinski definition) is 2. The first kappa shape index (κ1) is 13.7. The molecule has 4 nitrogen and oxygen atoms in total. The molecule has 0 fully saturated rings. The number of anilines is 1. The lowest BCUT2D eigenvalue weighted by molar-refractivity contribution is -0.119. The number of hydrogen-bond donors (Lipinski definition) is 1. The first-order chi connectivity index (χ1) is 11.1. The van der Waals surface area contributed by atoms with Crippen molar-refractivity contribution in [1.29, 1.82) is 0 Å². The third-order valence-corrected chi connectivity index (χ3v) is 4.14. The van der Waals surface area contributed by atoms with Crippen molar-refractivity contribution in [1.82, 2.24) is 10.2 Å². The van der Waals surface area contributed by atoms with Gasteiger partial charge in [0, 0.05) is 30.0 Å². The standard InChI is InChI=1S/C18H14FN3O/c1-11(23)22(19)14-7-8-15-13(9-14)10-16-17(20-21-18(15)16)12-5-3-2-4-6-12/h2-9H,10H2,1H3,(H,20,21). The fraction of sp³-hybridized carbons (Fsp3) is 0.111. The molecule has 0 saturated carbocycles. The molecule has 1 heterocycles. The Morgan fingerprint density at radius 3 is 2.74 bits per heavy atom. The predicted octanol–water partition coefficient (Wildman–Crippen LogP) is 3.89. The molecule has 5 heteroatoms. The van der Waals surface area contributed by atoms with Gasteiger partial charge in [0.05, 0.1) is 17.1 Å². The van der Waals surface area contributed by atoms with E-state index in [-0.39, 0.29) is 10.8 Å². The van der Waals surface area contributed by atoms with E-state index in [1.807, 2.05) is 36.4 Å². The van der Waals surface area contributed by atoms with Crippen molar-refractivity contribution in [3.8, 4) is 22.5 Å². The zero-order valence-electron chi connectivity index (χ0n) is 12.5. The summed E-state index contributed by atoms with van der Waals surface area (Å²) in [6.07, 6.45) is 0.672. The van der Waals surface area contributed by atoms with Crippen LogP contribution in [-0.4, -0.2) is 16.1 Å². The van der Waals surface area contributed by atoms with Crippen molar-refractivity contribution in [2.75, 3.05) is 5.12 Å². The van der Waals surface area contributed by atoms with Crippen molar-refractivity contribution in [3.05, 3.63) is 59.7 Å². The van der Waals surface area contributed by atoms with Crippen LogP contribution >= 0.6 is 0 Å². The quantitative estimate of drug-likeness (QED) is 0.571. The van der Waals surface area contributed by atoms with E-state index in [0.717, 1.165) is 33.6 Å². The van der Waals surface area contributed by atoms with Crippen LogP contribution in [0, 0.1) is 0 Å². The molecule has 1 aliphatic rings. The lowest BCUT2D eigenvalue weighted by Gasteiger charge is -2.10. The summed E-state index contributed by atoms with van der Waals surface area (Å²) in [5.74, 6) is -0.631. The Morgan fingerprint density at radius 2 is 2.00 bits per heavy atom. The van der Waals surface area contributed by atoms with Gasteiger partial charge in [0.15, 0.2) is 0 Å². The molecule has 2 aromatic carbocycles. The minimum absolute atomic E-state index is 0.170. The normalized spacial score (nSPS) is 11.9. The smallest absolute Gasteiger partial charge is 0.251 e. The molecule has 3 aromatic rings. The van der Waals surface area contributed by atoms with E-state index in [9.17, 15) is 9.28 Å². The van der Waals surface area contributed by atoms with Crippen LogP contribution in [0.4, 0.5) is 10.2 Å². The van der Waals surface area contributed by atoms with Gasteiger partial charge < -0.3 is 0 Å². The van der Waals surface area contributed by atoms with Crippen LogP contribution in [0.25, 0.3) is 22.5 Å². The van der Waals surface area contributed by atoms with Crippen LogP contribution in [0.1, 0.15) is 18.1 Å². The van der Waals surface area contributed by atoms with E-state index in [0.29, 0.717) is 6.42 Å². The van der Waals surface area contributed by atoms with Crippen LogP contribution in [0.2, 0.25) is 0 Å². The highest BCUT2D eigenvalue weighted by Gasteiger charge is 2.26. The molecule has 114 valence electrons. The average molecular weight is 307 g/mol. The fourth-order valence-electron chi connectivity index (χ4n) is 3.06. The summed E-state index contributed by atoms with van der Waals surface area (Å²) in [6.45, 7) is 1.20. The second kappa shape index (κ2) is 5.05. The minimum Gasteiger partial charge on any atom is -0.277 e. The van der Waals surface area contributed by atoms with Crippen molar-refractivity contribution in [2.45, 2.75) is 13.3 Å². The highest BCUT2D eigenvalue weighted by atomic mass is 19.2. The maximum absolute atomic E-state index is 13.8. The number of nitrogens with one attached hydrogen (secondary N) is 1. The van der Waals surface area contributed by atoms with Crippen LogP contribution in [0.5, 0.6) is 0 Å². The van der Waals surface area contributed by atoms with Gasteiger partial charge in [0.1, 0.15) is 0 Å². The monoisotopic (exact) mass is 307 g/mol. The number of carbonyl (C=O) groups is 1. The lowest BCUT2D eigenvalue weighted by Crippen LogP contribution is -2.17. The molecule has 1 aromatic heterocycles. The Bertz CT molecular complexity index is 902. The van der Waals surface area contributed by atoms with E-state index in [2.05, 4.69) is 10.2 Å². The molecule has 0 spiro atoms. The van der Waals surface area contributed by atoms with Crippen LogP contribution < -0.4 is 5.12 Å². The summed E-state index contributed by atoms with van der Waals surface area (Å²) in [7, 11) is 0. The summed E-state index contributed by atoms with van der Waals surface area (Å²) in [4.78, 5) is 11.2. The molecular weight excluding hydrogens is 293 g/mol. The van der Waals surface area contributed by atoms with Gasteiger partial charge in [0.2, 0.25) is 0 Å². The Hall–Kier alpha value is -2.95. The van der Waals surface area contributed by atoms with Gasteiger partial charge in [0.25, 0.3) is 5.91 Å². The fourth-order valence-corrected chi connectivity index (χ4v) is 3.06. The molecule has 4 rings (SSSR count). The molecule has 1 aliphatic carbocycles. The number of benzene rings is 2. The molecule has 0 aliphatic heterocycles. The van der Waals surface area contributed by atoms with Crippen LogP contribution in [0.3, 0.4) is 0 Å². The topological polar surface area (TPSA) is 49.0 Å². The van der Waals surface area contributed by atoms with E-state index in [4.69, 9.17) is 0 Å². The van der Waals surface area contributed by atoms with Crippen LogP contribution in [0.15, 0.2) is 48.5 Å². The van der Waals surface area contributed by atoms with Crippen molar-refractivity contribution < 1.29 is 9.28 Å². The second-order valence-electron chi connectivity index (χ2n) is 5.61. The third kappa shape index (κ3) is 2.12. The number of aromatic amines is 1. The maximum Gasteiger partial charge on any atom is 0.251 e. The Labute approximate surface area is 132 Å².